The van der Waals surface area contributed by atoms with Crippen LogP contribution in [0.25, 0.3) is 0 Å². The highest BCUT2D eigenvalue weighted by molar-refractivity contribution is 5.95. The Morgan fingerprint density at radius 1 is 1.09 bits per heavy atom. The van der Waals surface area contributed by atoms with Gasteiger partial charge in [-0.1, -0.05) is 58.4 Å². The van der Waals surface area contributed by atoms with Crippen molar-refractivity contribution in [2.24, 2.45) is 11.3 Å². The predicted molar refractivity (Wildman–Crippen MR) is 165 cm³/mol. The molecule has 0 spiro atoms. The van der Waals surface area contributed by atoms with E-state index >= 15 is 0 Å². The van der Waals surface area contributed by atoms with Crippen LogP contribution in [0.5, 0.6) is 0 Å². The van der Waals surface area contributed by atoms with E-state index in [9.17, 15) is 28.0 Å². The highest BCUT2D eigenvalue weighted by atomic mass is 19.4. The van der Waals surface area contributed by atoms with Gasteiger partial charge in [-0.25, -0.2) is 0 Å². The molecule has 0 aliphatic carbocycles. The fourth-order valence-electron chi connectivity index (χ4n) is 6.65. The van der Waals surface area contributed by atoms with Crippen molar-refractivity contribution < 1.29 is 27.5 Å². The lowest BCUT2D eigenvalue weighted by atomic mass is 9.72. The standard InChI is InChI=1S/C35H45F3N4O3/c1-5-10-29-26(12-9-19-42(29)32(44)30-28(35(36,37)38)14-8-18-40-30)31(43)41-20-15-34(24-39,16-21-41)27-13-7-6-11-25(27)23-45-22-17-33(2,3)4/h6-8,11,13-14,18,26,29H,5,9-10,12,15-17,19-23H2,1-4H3/t26-,29?/m1/s1. The predicted octanol–water partition coefficient (Wildman–Crippen LogP) is 7.16. The number of benzene rings is 1. The van der Waals surface area contributed by atoms with Gasteiger partial charge in [0, 0.05) is 38.5 Å². The average Bonchev–Trinajstić information content (AvgIpc) is 3.02. The lowest BCUT2D eigenvalue weighted by Gasteiger charge is -2.44. The van der Waals surface area contributed by atoms with Crippen molar-refractivity contribution in [3.05, 3.63) is 65.0 Å². The third kappa shape index (κ3) is 8.04. The van der Waals surface area contributed by atoms with Crippen LogP contribution in [0, 0.1) is 22.7 Å². The first-order valence-electron chi connectivity index (χ1n) is 16.0. The number of ether oxygens (including phenoxy) is 1. The molecule has 2 aliphatic heterocycles. The molecule has 0 saturated carbocycles. The van der Waals surface area contributed by atoms with Crippen molar-refractivity contribution in [3.8, 4) is 6.07 Å². The van der Waals surface area contributed by atoms with Crippen molar-refractivity contribution in [1.29, 1.82) is 5.26 Å². The normalized spacial score (nSPS) is 20.5. The van der Waals surface area contributed by atoms with Crippen LogP contribution in [0.4, 0.5) is 13.2 Å². The summed E-state index contributed by atoms with van der Waals surface area (Å²) in [5.74, 6) is -1.42. The lowest BCUT2D eigenvalue weighted by Crippen LogP contribution is -2.55. The van der Waals surface area contributed by atoms with E-state index in [-0.39, 0.29) is 17.9 Å². The van der Waals surface area contributed by atoms with Gasteiger partial charge >= 0.3 is 6.18 Å². The van der Waals surface area contributed by atoms with Crippen LogP contribution in [0.15, 0.2) is 42.6 Å². The number of likely N-dealkylation sites (tertiary alicyclic amines) is 2. The summed E-state index contributed by atoms with van der Waals surface area (Å²) < 4.78 is 47.2. The van der Waals surface area contributed by atoms with Crippen LogP contribution in [-0.4, -0.2) is 58.9 Å². The second-order valence-electron chi connectivity index (χ2n) is 13.5. The Morgan fingerprint density at radius 2 is 1.80 bits per heavy atom. The summed E-state index contributed by atoms with van der Waals surface area (Å²) >= 11 is 0. The van der Waals surface area contributed by atoms with Crippen molar-refractivity contribution in [2.45, 2.75) is 96.9 Å². The Balaban J connectivity index is 1.49. The first-order valence-corrected chi connectivity index (χ1v) is 16.0. The summed E-state index contributed by atoms with van der Waals surface area (Å²) in [6.07, 6.45) is 0.539. The van der Waals surface area contributed by atoms with E-state index < -0.39 is 40.7 Å². The minimum atomic E-state index is -4.72. The molecule has 45 heavy (non-hydrogen) atoms. The topological polar surface area (TPSA) is 86.5 Å². The molecule has 2 atom stereocenters. The monoisotopic (exact) mass is 626 g/mol. The van der Waals surface area contributed by atoms with Crippen LogP contribution in [0.3, 0.4) is 0 Å². The van der Waals surface area contributed by atoms with Crippen LogP contribution < -0.4 is 0 Å². The molecular formula is C35H45F3N4O3. The fraction of sp³-hybridized carbons (Fsp3) is 0.600. The van der Waals surface area contributed by atoms with Crippen LogP contribution in [0.1, 0.15) is 99.8 Å². The molecule has 1 unspecified atom stereocenters. The summed E-state index contributed by atoms with van der Waals surface area (Å²) in [6, 6.07) is 11.9. The van der Waals surface area contributed by atoms with Crippen LogP contribution in [0.2, 0.25) is 0 Å². The van der Waals surface area contributed by atoms with Gasteiger partial charge in [0.05, 0.1) is 29.6 Å². The molecule has 7 nitrogen and oxygen atoms in total. The molecule has 4 rings (SSSR count). The Morgan fingerprint density at radius 3 is 2.44 bits per heavy atom. The van der Waals surface area contributed by atoms with Gasteiger partial charge < -0.3 is 14.5 Å². The number of nitrogens with zero attached hydrogens (tertiary/aromatic N) is 4. The number of nitriles is 1. The Labute approximate surface area is 264 Å². The molecule has 2 fully saturated rings. The molecule has 3 heterocycles. The maximum Gasteiger partial charge on any atom is 0.418 e. The minimum absolute atomic E-state index is 0.103. The third-order valence-corrected chi connectivity index (χ3v) is 9.19. The SMILES string of the molecule is CCCC1[C@H](C(=O)N2CCC(C#N)(c3ccccc3COCCC(C)(C)C)CC2)CCCN1C(=O)c1ncccc1C(F)(F)F. The van der Waals surface area contributed by atoms with Crippen molar-refractivity contribution in [2.75, 3.05) is 26.2 Å². The fourth-order valence-corrected chi connectivity index (χ4v) is 6.65. The van der Waals surface area contributed by atoms with Gasteiger partial charge in [-0.2, -0.15) is 18.4 Å². The number of rotatable bonds is 9. The molecule has 2 amide bonds. The van der Waals surface area contributed by atoms with E-state index in [1.807, 2.05) is 31.2 Å². The average molecular weight is 627 g/mol. The number of carbonyl (C=O) groups is 2. The Hall–Kier alpha value is -3.45. The van der Waals surface area contributed by atoms with Gasteiger partial charge in [0.25, 0.3) is 5.91 Å². The quantitative estimate of drug-likeness (QED) is 0.276. The second-order valence-corrected chi connectivity index (χ2v) is 13.5. The Bertz CT molecular complexity index is 1370. The van der Waals surface area contributed by atoms with E-state index in [1.165, 1.54) is 17.2 Å². The summed E-state index contributed by atoms with van der Waals surface area (Å²) in [6.45, 7) is 10.5. The van der Waals surface area contributed by atoms with Gasteiger partial charge in [-0.15, -0.1) is 0 Å². The number of carbonyl (C=O) groups excluding carboxylic acids is 2. The lowest BCUT2D eigenvalue weighted by molar-refractivity contribution is -0.141. The molecule has 1 aromatic heterocycles. The first-order chi connectivity index (χ1) is 21.3. The summed E-state index contributed by atoms with van der Waals surface area (Å²) in [5, 5.41) is 10.4. The molecule has 2 aromatic rings. The number of halogens is 3. The maximum atomic E-state index is 14.0. The minimum Gasteiger partial charge on any atom is -0.377 e. The van der Waals surface area contributed by atoms with E-state index in [4.69, 9.17) is 4.74 Å². The molecule has 10 heteroatoms. The van der Waals surface area contributed by atoms with Gasteiger partial charge in [0.1, 0.15) is 5.69 Å². The number of piperidine rings is 2. The number of pyridine rings is 1. The third-order valence-electron chi connectivity index (χ3n) is 9.19. The molecular weight excluding hydrogens is 581 g/mol. The Kier molecular flexibility index (Phi) is 11.0. The van der Waals surface area contributed by atoms with Gasteiger partial charge in [0.2, 0.25) is 5.91 Å². The van der Waals surface area contributed by atoms with Gasteiger partial charge in [-0.05, 0) is 67.2 Å². The summed E-state index contributed by atoms with van der Waals surface area (Å²) in [4.78, 5) is 34.6. The van der Waals surface area contributed by atoms with Crippen LogP contribution in [-0.2, 0) is 27.7 Å². The van der Waals surface area contributed by atoms with Gasteiger partial charge in [0.15, 0.2) is 0 Å². The number of hydrogen-bond donors (Lipinski definition) is 0. The van der Waals surface area contributed by atoms with Crippen molar-refractivity contribution >= 4 is 11.8 Å². The van der Waals surface area contributed by atoms with E-state index in [0.717, 1.165) is 23.6 Å². The zero-order valence-electron chi connectivity index (χ0n) is 26.8. The molecule has 244 valence electrons. The smallest absolute Gasteiger partial charge is 0.377 e. The summed E-state index contributed by atoms with van der Waals surface area (Å²) in [7, 11) is 0. The van der Waals surface area contributed by atoms with E-state index in [2.05, 4.69) is 31.8 Å². The maximum absolute atomic E-state index is 14.0. The number of hydrogen-bond acceptors (Lipinski definition) is 5. The summed E-state index contributed by atoms with van der Waals surface area (Å²) in [5.41, 5.74) is -0.380. The van der Waals surface area contributed by atoms with E-state index in [0.29, 0.717) is 64.8 Å². The highest BCUT2D eigenvalue weighted by Gasteiger charge is 2.45. The van der Waals surface area contributed by atoms with Gasteiger partial charge in [-0.3, -0.25) is 14.6 Å². The zero-order valence-corrected chi connectivity index (χ0v) is 26.8. The molecule has 0 N–H and O–H groups in total. The zero-order chi connectivity index (χ0) is 32.8. The molecule has 1 aromatic carbocycles. The molecule has 2 saturated heterocycles. The molecule has 0 bridgehead atoms. The second kappa shape index (κ2) is 14.3. The molecule has 0 radical (unpaired) electrons. The molecule has 2 aliphatic rings. The van der Waals surface area contributed by atoms with Crippen molar-refractivity contribution in [1.82, 2.24) is 14.8 Å². The number of aromatic nitrogens is 1. The van der Waals surface area contributed by atoms with E-state index in [1.54, 1.807) is 4.90 Å². The largest absolute Gasteiger partial charge is 0.418 e. The first kappa shape index (κ1) is 34.4. The highest BCUT2D eigenvalue weighted by Crippen LogP contribution is 2.39. The number of alkyl halides is 3. The van der Waals surface area contributed by atoms with Crippen molar-refractivity contribution in [3.63, 3.8) is 0 Å². The van der Waals surface area contributed by atoms with Crippen LogP contribution >= 0.6 is 0 Å². The number of amides is 2.